The molecule has 2 N–H and O–H groups in total. The van der Waals surface area contributed by atoms with E-state index in [-0.39, 0.29) is 12.5 Å². The zero-order valence-electron chi connectivity index (χ0n) is 11.6. The Kier molecular flexibility index (Phi) is 5.38. The Hall–Kier alpha value is -2.29. The summed E-state index contributed by atoms with van der Waals surface area (Å²) in [4.78, 5) is 12.2. The van der Waals surface area contributed by atoms with E-state index < -0.39 is 0 Å². The minimum Gasteiger partial charge on any atom is -0.486 e. The molecule has 0 aliphatic carbocycles. The molecule has 21 heavy (non-hydrogen) atoms. The SMILES string of the molecule is CC(=O)Nc1ccccc1OCc1cc(C#CCO)cs1. The maximum Gasteiger partial charge on any atom is 0.221 e. The predicted molar refractivity (Wildman–Crippen MR) is 83.4 cm³/mol. The summed E-state index contributed by atoms with van der Waals surface area (Å²) in [6.07, 6.45) is 0. The van der Waals surface area contributed by atoms with Gasteiger partial charge in [-0.1, -0.05) is 24.0 Å². The Bertz CT molecular complexity index is 682. The van der Waals surface area contributed by atoms with Crippen molar-refractivity contribution in [3.8, 4) is 17.6 Å². The van der Waals surface area contributed by atoms with Crippen molar-refractivity contribution in [3.05, 3.63) is 46.2 Å². The molecule has 0 aliphatic heterocycles. The molecule has 4 nitrogen and oxygen atoms in total. The van der Waals surface area contributed by atoms with Crippen LogP contribution in [0, 0.1) is 11.8 Å². The van der Waals surface area contributed by atoms with Crippen LogP contribution in [0.2, 0.25) is 0 Å². The number of carbonyl (C=O) groups is 1. The van der Waals surface area contributed by atoms with Crippen molar-refractivity contribution in [1.82, 2.24) is 0 Å². The molecule has 0 radical (unpaired) electrons. The topological polar surface area (TPSA) is 58.6 Å². The maximum atomic E-state index is 11.1. The summed E-state index contributed by atoms with van der Waals surface area (Å²) in [6.45, 7) is 1.72. The molecule has 108 valence electrons. The van der Waals surface area contributed by atoms with E-state index in [4.69, 9.17) is 9.84 Å². The van der Waals surface area contributed by atoms with Crippen LogP contribution in [0.3, 0.4) is 0 Å². The molecular formula is C16H15NO3S. The van der Waals surface area contributed by atoms with E-state index >= 15 is 0 Å². The summed E-state index contributed by atoms with van der Waals surface area (Å²) in [5.74, 6) is 5.95. The molecule has 1 amide bonds. The van der Waals surface area contributed by atoms with Gasteiger partial charge in [-0.05, 0) is 18.2 Å². The molecular weight excluding hydrogens is 286 g/mol. The maximum absolute atomic E-state index is 11.1. The first-order valence-corrected chi connectivity index (χ1v) is 7.23. The highest BCUT2D eigenvalue weighted by atomic mass is 32.1. The van der Waals surface area contributed by atoms with Gasteiger partial charge in [0, 0.05) is 22.7 Å². The number of hydrogen-bond donors (Lipinski definition) is 2. The molecule has 0 spiro atoms. The van der Waals surface area contributed by atoms with Gasteiger partial charge in [-0.3, -0.25) is 4.79 Å². The van der Waals surface area contributed by atoms with Gasteiger partial charge in [0.05, 0.1) is 5.69 Å². The third kappa shape index (κ3) is 4.63. The van der Waals surface area contributed by atoms with Crippen molar-refractivity contribution in [3.63, 3.8) is 0 Å². The average Bonchev–Trinajstić information content (AvgIpc) is 2.91. The van der Waals surface area contributed by atoms with Crippen LogP contribution in [-0.2, 0) is 11.4 Å². The Morgan fingerprint density at radius 3 is 3.00 bits per heavy atom. The minimum absolute atomic E-state index is 0.135. The number of nitrogens with one attached hydrogen (secondary N) is 1. The van der Waals surface area contributed by atoms with Crippen LogP contribution in [0.4, 0.5) is 5.69 Å². The van der Waals surface area contributed by atoms with E-state index in [9.17, 15) is 4.79 Å². The molecule has 5 heteroatoms. The number of rotatable bonds is 4. The fourth-order valence-electron chi connectivity index (χ4n) is 1.70. The van der Waals surface area contributed by atoms with Gasteiger partial charge in [-0.15, -0.1) is 11.3 Å². The number of ether oxygens (including phenoxy) is 1. The number of hydrogen-bond acceptors (Lipinski definition) is 4. The van der Waals surface area contributed by atoms with Gasteiger partial charge < -0.3 is 15.2 Å². The largest absolute Gasteiger partial charge is 0.486 e. The zero-order valence-corrected chi connectivity index (χ0v) is 12.4. The minimum atomic E-state index is -0.147. The molecule has 2 rings (SSSR count). The average molecular weight is 301 g/mol. The number of amides is 1. The van der Waals surface area contributed by atoms with Crippen LogP contribution < -0.4 is 10.1 Å². The normalized spacial score (nSPS) is 9.62. The van der Waals surface area contributed by atoms with Gasteiger partial charge in [0.15, 0.2) is 0 Å². The van der Waals surface area contributed by atoms with E-state index in [1.165, 1.54) is 6.92 Å². The van der Waals surface area contributed by atoms with E-state index in [1.807, 2.05) is 29.6 Å². The summed E-state index contributed by atoms with van der Waals surface area (Å²) in [5.41, 5.74) is 1.52. The zero-order chi connectivity index (χ0) is 15.1. The Balaban J connectivity index is 2.03. The molecule has 0 bridgehead atoms. The molecule has 1 aromatic carbocycles. The van der Waals surface area contributed by atoms with Gasteiger partial charge in [-0.25, -0.2) is 0 Å². The number of carbonyl (C=O) groups excluding carboxylic acids is 1. The van der Waals surface area contributed by atoms with Crippen LogP contribution in [0.5, 0.6) is 5.75 Å². The van der Waals surface area contributed by atoms with Crippen LogP contribution in [-0.4, -0.2) is 17.6 Å². The number of thiophene rings is 1. The smallest absolute Gasteiger partial charge is 0.221 e. The van der Waals surface area contributed by atoms with Gasteiger partial charge in [0.25, 0.3) is 0 Å². The second-order valence-electron chi connectivity index (χ2n) is 4.23. The lowest BCUT2D eigenvalue weighted by Gasteiger charge is -2.10. The van der Waals surface area contributed by atoms with Crippen LogP contribution in [0.15, 0.2) is 35.7 Å². The summed E-state index contributed by atoms with van der Waals surface area (Å²) in [6, 6.07) is 9.22. The highest BCUT2D eigenvalue weighted by Crippen LogP contribution is 2.25. The highest BCUT2D eigenvalue weighted by molar-refractivity contribution is 7.10. The summed E-state index contributed by atoms with van der Waals surface area (Å²) >= 11 is 1.54. The molecule has 0 aliphatic rings. The van der Waals surface area contributed by atoms with E-state index in [2.05, 4.69) is 17.2 Å². The molecule has 0 fully saturated rings. The monoisotopic (exact) mass is 301 g/mol. The Morgan fingerprint density at radius 1 is 1.43 bits per heavy atom. The quantitative estimate of drug-likeness (QED) is 0.854. The fourth-order valence-corrected chi connectivity index (χ4v) is 2.43. The van der Waals surface area contributed by atoms with Crippen molar-refractivity contribution in [2.75, 3.05) is 11.9 Å². The van der Waals surface area contributed by atoms with Crippen LogP contribution in [0.1, 0.15) is 17.4 Å². The van der Waals surface area contributed by atoms with Crippen LogP contribution >= 0.6 is 11.3 Å². The first-order chi connectivity index (χ1) is 10.2. The first kappa shape index (κ1) is 15.1. The van der Waals surface area contributed by atoms with Gasteiger partial charge in [0.1, 0.15) is 19.0 Å². The molecule has 0 saturated carbocycles. The lowest BCUT2D eigenvalue weighted by molar-refractivity contribution is -0.114. The number of benzene rings is 1. The molecule has 0 saturated heterocycles. The van der Waals surface area contributed by atoms with Crippen molar-refractivity contribution < 1.29 is 14.6 Å². The lowest BCUT2D eigenvalue weighted by Crippen LogP contribution is -2.07. The van der Waals surface area contributed by atoms with Crippen molar-refractivity contribution in [1.29, 1.82) is 0 Å². The van der Waals surface area contributed by atoms with E-state index in [0.29, 0.717) is 18.0 Å². The third-order valence-corrected chi connectivity index (χ3v) is 3.44. The number of aliphatic hydroxyl groups is 1. The van der Waals surface area contributed by atoms with Gasteiger partial charge >= 0.3 is 0 Å². The lowest BCUT2D eigenvalue weighted by atomic mass is 10.3. The number of anilines is 1. The van der Waals surface area contributed by atoms with Crippen LogP contribution in [0.25, 0.3) is 0 Å². The summed E-state index contributed by atoms with van der Waals surface area (Å²) < 4.78 is 5.74. The second kappa shape index (κ2) is 7.48. The highest BCUT2D eigenvalue weighted by Gasteiger charge is 2.05. The first-order valence-electron chi connectivity index (χ1n) is 6.35. The molecule has 0 atom stereocenters. The van der Waals surface area contributed by atoms with Gasteiger partial charge in [-0.2, -0.15) is 0 Å². The molecule has 1 heterocycles. The van der Waals surface area contributed by atoms with Crippen molar-refractivity contribution in [2.45, 2.75) is 13.5 Å². The number of aliphatic hydroxyl groups excluding tert-OH is 1. The number of para-hydroxylation sites is 2. The predicted octanol–water partition coefficient (Wildman–Crippen LogP) is 2.63. The van der Waals surface area contributed by atoms with Gasteiger partial charge in [0.2, 0.25) is 5.91 Å². The standard InChI is InChI=1S/C16H15NO3S/c1-12(19)17-15-6-2-3-7-16(15)20-10-14-9-13(11-21-14)5-4-8-18/h2-3,6-7,9,11,18H,8,10H2,1H3,(H,17,19). The third-order valence-electron chi connectivity index (χ3n) is 2.53. The Morgan fingerprint density at radius 2 is 2.24 bits per heavy atom. The summed E-state index contributed by atoms with van der Waals surface area (Å²) in [5, 5.41) is 13.3. The second-order valence-corrected chi connectivity index (χ2v) is 5.22. The summed E-state index contributed by atoms with van der Waals surface area (Å²) in [7, 11) is 0. The molecule has 2 aromatic rings. The fraction of sp³-hybridized carbons (Fsp3) is 0.188. The Labute approximate surface area is 127 Å². The van der Waals surface area contributed by atoms with E-state index in [1.54, 1.807) is 17.4 Å². The van der Waals surface area contributed by atoms with Crippen molar-refractivity contribution in [2.24, 2.45) is 0 Å². The molecule has 1 aromatic heterocycles. The van der Waals surface area contributed by atoms with E-state index in [0.717, 1.165) is 10.4 Å². The molecule has 0 unspecified atom stereocenters. The van der Waals surface area contributed by atoms with Crippen molar-refractivity contribution >= 4 is 22.9 Å².